The number of rotatable bonds is 4. The Kier molecular flexibility index (Phi) is 3.57. The average molecular weight is 248 g/mol. The van der Waals surface area contributed by atoms with Crippen LogP contribution >= 0.6 is 0 Å². The molecular formula is C14H20N2O2. The molecule has 4 heteroatoms. The molecule has 1 heterocycles. The first-order chi connectivity index (χ1) is 8.50. The van der Waals surface area contributed by atoms with Crippen LogP contribution in [0, 0.1) is 5.41 Å². The SMILES string of the molecule is CC(C)(CN)CC(=O)Nc1ccc2c(c1)CCO2. The van der Waals surface area contributed by atoms with E-state index in [1.54, 1.807) is 0 Å². The topological polar surface area (TPSA) is 64.4 Å². The number of nitrogens with two attached hydrogens (primary N) is 1. The molecule has 1 amide bonds. The lowest BCUT2D eigenvalue weighted by Gasteiger charge is -2.21. The van der Waals surface area contributed by atoms with Crippen molar-refractivity contribution in [2.24, 2.45) is 11.1 Å². The minimum absolute atomic E-state index is 0.00400. The number of carbonyl (C=O) groups is 1. The lowest BCUT2D eigenvalue weighted by Crippen LogP contribution is -2.29. The molecule has 4 nitrogen and oxygen atoms in total. The zero-order chi connectivity index (χ0) is 13.2. The van der Waals surface area contributed by atoms with E-state index in [9.17, 15) is 4.79 Å². The van der Waals surface area contributed by atoms with Crippen LogP contribution in [0.25, 0.3) is 0 Å². The molecule has 1 aromatic carbocycles. The predicted molar refractivity (Wildman–Crippen MR) is 71.7 cm³/mol. The van der Waals surface area contributed by atoms with E-state index in [2.05, 4.69) is 5.32 Å². The van der Waals surface area contributed by atoms with E-state index in [0.29, 0.717) is 13.0 Å². The van der Waals surface area contributed by atoms with Crippen molar-refractivity contribution in [2.45, 2.75) is 26.7 Å². The maximum Gasteiger partial charge on any atom is 0.224 e. The van der Waals surface area contributed by atoms with Crippen LogP contribution in [0.2, 0.25) is 0 Å². The van der Waals surface area contributed by atoms with Gasteiger partial charge in [0.25, 0.3) is 0 Å². The van der Waals surface area contributed by atoms with Crippen molar-refractivity contribution >= 4 is 11.6 Å². The second-order valence-electron chi connectivity index (χ2n) is 5.51. The van der Waals surface area contributed by atoms with E-state index < -0.39 is 0 Å². The van der Waals surface area contributed by atoms with Crippen LogP contribution in [0.4, 0.5) is 5.69 Å². The van der Waals surface area contributed by atoms with Gasteiger partial charge in [0.1, 0.15) is 5.75 Å². The predicted octanol–water partition coefficient (Wildman–Crippen LogP) is 1.93. The third kappa shape index (κ3) is 3.01. The molecule has 0 saturated carbocycles. The lowest BCUT2D eigenvalue weighted by molar-refractivity contribution is -0.117. The summed E-state index contributed by atoms with van der Waals surface area (Å²) in [6, 6.07) is 5.76. The van der Waals surface area contributed by atoms with Gasteiger partial charge in [-0.15, -0.1) is 0 Å². The normalized spacial score (nSPS) is 13.9. The Labute approximate surface area is 108 Å². The van der Waals surface area contributed by atoms with Crippen molar-refractivity contribution in [2.75, 3.05) is 18.5 Å². The molecule has 0 spiro atoms. The van der Waals surface area contributed by atoms with Crippen molar-refractivity contribution in [1.82, 2.24) is 0 Å². The second kappa shape index (κ2) is 4.98. The molecular weight excluding hydrogens is 228 g/mol. The summed E-state index contributed by atoms with van der Waals surface area (Å²) in [4.78, 5) is 11.9. The maximum absolute atomic E-state index is 11.9. The van der Waals surface area contributed by atoms with Crippen molar-refractivity contribution in [3.8, 4) is 5.75 Å². The molecule has 18 heavy (non-hydrogen) atoms. The molecule has 1 aliphatic rings. The first kappa shape index (κ1) is 12.9. The maximum atomic E-state index is 11.9. The number of benzene rings is 1. The summed E-state index contributed by atoms with van der Waals surface area (Å²) in [6.45, 7) is 5.21. The highest BCUT2D eigenvalue weighted by molar-refractivity contribution is 5.91. The van der Waals surface area contributed by atoms with Gasteiger partial charge in [-0.05, 0) is 35.7 Å². The molecule has 0 aliphatic carbocycles. The fourth-order valence-electron chi connectivity index (χ4n) is 1.98. The number of anilines is 1. The zero-order valence-corrected chi connectivity index (χ0v) is 11.0. The third-order valence-electron chi connectivity index (χ3n) is 3.16. The van der Waals surface area contributed by atoms with Gasteiger partial charge in [-0.25, -0.2) is 0 Å². The van der Waals surface area contributed by atoms with Crippen molar-refractivity contribution in [3.63, 3.8) is 0 Å². The number of ether oxygens (including phenoxy) is 1. The third-order valence-corrected chi connectivity index (χ3v) is 3.16. The first-order valence-corrected chi connectivity index (χ1v) is 6.26. The molecule has 1 aromatic rings. The lowest BCUT2D eigenvalue weighted by atomic mass is 9.89. The minimum atomic E-state index is -0.163. The quantitative estimate of drug-likeness (QED) is 0.855. The van der Waals surface area contributed by atoms with Gasteiger partial charge in [-0.2, -0.15) is 0 Å². The molecule has 0 atom stereocenters. The second-order valence-corrected chi connectivity index (χ2v) is 5.51. The highest BCUT2D eigenvalue weighted by atomic mass is 16.5. The molecule has 0 saturated heterocycles. The van der Waals surface area contributed by atoms with Crippen molar-refractivity contribution in [3.05, 3.63) is 23.8 Å². The van der Waals surface area contributed by atoms with Crippen molar-refractivity contribution < 1.29 is 9.53 Å². The molecule has 0 radical (unpaired) electrons. The first-order valence-electron chi connectivity index (χ1n) is 6.26. The van der Waals surface area contributed by atoms with E-state index >= 15 is 0 Å². The Morgan fingerprint density at radius 1 is 1.50 bits per heavy atom. The van der Waals surface area contributed by atoms with Crippen LogP contribution in [-0.4, -0.2) is 19.1 Å². The molecule has 0 bridgehead atoms. The van der Waals surface area contributed by atoms with Crippen LogP contribution in [0.15, 0.2) is 18.2 Å². The fraction of sp³-hybridized carbons (Fsp3) is 0.500. The monoisotopic (exact) mass is 248 g/mol. The smallest absolute Gasteiger partial charge is 0.224 e. The Morgan fingerprint density at radius 2 is 2.28 bits per heavy atom. The van der Waals surface area contributed by atoms with Gasteiger partial charge in [-0.3, -0.25) is 4.79 Å². The summed E-state index contributed by atoms with van der Waals surface area (Å²) in [5.41, 5.74) is 7.45. The molecule has 98 valence electrons. The van der Waals surface area contributed by atoms with Crippen LogP contribution in [0.1, 0.15) is 25.8 Å². The molecule has 3 N–H and O–H groups in total. The van der Waals surface area contributed by atoms with E-state index in [-0.39, 0.29) is 11.3 Å². The van der Waals surface area contributed by atoms with Gasteiger partial charge >= 0.3 is 0 Å². The van der Waals surface area contributed by atoms with Crippen LogP contribution < -0.4 is 15.8 Å². The number of hydrogen-bond acceptors (Lipinski definition) is 3. The fourth-order valence-corrected chi connectivity index (χ4v) is 1.98. The van der Waals surface area contributed by atoms with Gasteiger partial charge in [0.05, 0.1) is 6.61 Å². The molecule has 1 aliphatic heterocycles. The van der Waals surface area contributed by atoms with E-state index in [1.165, 1.54) is 0 Å². The van der Waals surface area contributed by atoms with Gasteiger partial charge in [0.2, 0.25) is 5.91 Å². The van der Waals surface area contributed by atoms with Gasteiger partial charge in [0, 0.05) is 18.5 Å². The van der Waals surface area contributed by atoms with Gasteiger partial charge < -0.3 is 15.8 Å². The highest BCUT2D eigenvalue weighted by Gasteiger charge is 2.20. The van der Waals surface area contributed by atoms with Crippen LogP contribution in [0.3, 0.4) is 0 Å². The summed E-state index contributed by atoms with van der Waals surface area (Å²) < 4.78 is 5.43. The Hall–Kier alpha value is -1.55. The Balaban J connectivity index is 1.99. The number of nitrogens with one attached hydrogen (secondary N) is 1. The van der Waals surface area contributed by atoms with E-state index in [4.69, 9.17) is 10.5 Å². The standard InChI is InChI=1S/C14H20N2O2/c1-14(2,9-15)8-13(17)16-11-3-4-12-10(7-11)5-6-18-12/h3-4,7H,5-6,8-9,15H2,1-2H3,(H,16,17). The van der Waals surface area contributed by atoms with E-state index in [0.717, 1.165) is 30.0 Å². The summed E-state index contributed by atoms with van der Waals surface area (Å²) >= 11 is 0. The average Bonchev–Trinajstić information content (AvgIpc) is 2.75. The number of carbonyl (C=O) groups excluding carboxylic acids is 1. The summed E-state index contributed by atoms with van der Waals surface area (Å²) in [6.07, 6.45) is 1.34. The summed E-state index contributed by atoms with van der Waals surface area (Å²) in [5, 5.41) is 2.91. The van der Waals surface area contributed by atoms with Crippen LogP contribution in [-0.2, 0) is 11.2 Å². The largest absolute Gasteiger partial charge is 0.493 e. The number of hydrogen-bond donors (Lipinski definition) is 2. The Bertz CT molecular complexity index is 455. The van der Waals surface area contributed by atoms with Crippen LogP contribution in [0.5, 0.6) is 5.75 Å². The highest BCUT2D eigenvalue weighted by Crippen LogP contribution is 2.28. The molecule has 0 aromatic heterocycles. The zero-order valence-electron chi connectivity index (χ0n) is 11.0. The summed E-state index contributed by atoms with van der Waals surface area (Å²) in [5.74, 6) is 0.930. The number of fused-ring (bicyclic) bond motifs is 1. The molecule has 2 rings (SSSR count). The van der Waals surface area contributed by atoms with E-state index in [1.807, 2.05) is 32.0 Å². The van der Waals surface area contributed by atoms with Gasteiger partial charge in [-0.1, -0.05) is 13.8 Å². The van der Waals surface area contributed by atoms with Gasteiger partial charge in [0.15, 0.2) is 0 Å². The van der Waals surface area contributed by atoms with Crippen molar-refractivity contribution in [1.29, 1.82) is 0 Å². The molecule has 0 unspecified atom stereocenters. The Morgan fingerprint density at radius 3 is 3.00 bits per heavy atom. The molecule has 0 fully saturated rings. The number of amides is 1. The summed E-state index contributed by atoms with van der Waals surface area (Å²) in [7, 11) is 0. The minimum Gasteiger partial charge on any atom is -0.493 e.